The van der Waals surface area contributed by atoms with Crippen molar-refractivity contribution < 1.29 is 4.74 Å². The number of nitrogens with one attached hydrogen (secondary N) is 1. The van der Waals surface area contributed by atoms with Gasteiger partial charge in [-0.2, -0.15) is 0 Å². The monoisotopic (exact) mass is 253 g/mol. The largest absolute Gasteiger partial charge is 0.377 e. The first-order valence-electron chi connectivity index (χ1n) is 6.86. The van der Waals surface area contributed by atoms with E-state index in [2.05, 4.69) is 42.6 Å². The van der Waals surface area contributed by atoms with E-state index in [9.17, 15) is 0 Å². The van der Waals surface area contributed by atoms with Crippen LogP contribution in [0.4, 0.5) is 0 Å². The van der Waals surface area contributed by atoms with Crippen LogP contribution in [0.1, 0.15) is 52.4 Å². The Labute approximate surface area is 111 Å². The first-order valence-corrected chi connectivity index (χ1v) is 6.86. The number of nitrogens with zero attached hydrogens (tertiary/aromatic N) is 2. The lowest BCUT2D eigenvalue weighted by Gasteiger charge is -2.33. The quantitative estimate of drug-likeness (QED) is 0.774. The lowest BCUT2D eigenvalue weighted by molar-refractivity contribution is -0.0144. The maximum absolute atomic E-state index is 5.64. The molecule has 4 nitrogen and oxygen atoms in total. The zero-order valence-electron chi connectivity index (χ0n) is 12.4. The Balaban J connectivity index is 2.97. The fraction of sp³-hybridized carbons (Fsp3) is 0.786. The van der Waals surface area contributed by atoms with Crippen LogP contribution in [0.2, 0.25) is 0 Å². The van der Waals surface area contributed by atoms with E-state index in [4.69, 9.17) is 4.74 Å². The van der Waals surface area contributed by atoms with Crippen molar-refractivity contribution in [3.8, 4) is 0 Å². The summed E-state index contributed by atoms with van der Waals surface area (Å²) in [5.74, 6) is 1.07. The summed E-state index contributed by atoms with van der Waals surface area (Å²) in [6.07, 6.45) is 6.13. The van der Waals surface area contributed by atoms with Crippen LogP contribution in [-0.4, -0.2) is 28.8 Å². The molecule has 0 aliphatic heterocycles. The van der Waals surface area contributed by atoms with E-state index in [1.807, 2.05) is 12.4 Å². The van der Waals surface area contributed by atoms with Gasteiger partial charge in [-0.3, -0.25) is 0 Å². The second-order valence-electron chi connectivity index (χ2n) is 5.17. The van der Waals surface area contributed by atoms with E-state index in [0.29, 0.717) is 0 Å². The summed E-state index contributed by atoms with van der Waals surface area (Å²) in [4.78, 5) is 4.52. The highest BCUT2D eigenvalue weighted by atomic mass is 16.5. The van der Waals surface area contributed by atoms with E-state index >= 15 is 0 Å². The molecule has 4 heteroatoms. The third-order valence-corrected chi connectivity index (χ3v) is 3.29. The molecule has 18 heavy (non-hydrogen) atoms. The van der Waals surface area contributed by atoms with E-state index in [1.54, 1.807) is 7.11 Å². The summed E-state index contributed by atoms with van der Waals surface area (Å²) in [5, 5.41) is 3.55. The van der Waals surface area contributed by atoms with Crippen LogP contribution in [-0.2, 0) is 11.3 Å². The molecule has 1 aromatic heterocycles. The van der Waals surface area contributed by atoms with Crippen molar-refractivity contribution in [1.29, 1.82) is 0 Å². The molecule has 1 unspecified atom stereocenters. The molecule has 0 spiro atoms. The Bertz CT molecular complexity index is 347. The van der Waals surface area contributed by atoms with Crippen molar-refractivity contribution >= 4 is 0 Å². The molecule has 0 fully saturated rings. The molecule has 0 aromatic carbocycles. The molecular formula is C14H27N3O. The third-order valence-electron chi connectivity index (χ3n) is 3.29. The number of imidazole rings is 1. The number of ether oxygens (including phenoxy) is 1. The minimum Gasteiger partial charge on any atom is -0.377 e. The van der Waals surface area contributed by atoms with Gasteiger partial charge in [0.25, 0.3) is 0 Å². The van der Waals surface area contributed by atoms with Crippen molar-refractivity contribution in [2.75, 3.05) is 13.7 Å². The summed E-state index contributed by atoms with van der Waals surface area (Å²) in [7, 11) is 1.76. The minimum atomic E-state index is -0.272. The van der Waals surface area contributed by atoms with E-state index in [-0.39, 0.29) is 11.6 Å². The number of aromatic nitrogens is 2. The highest BCUT2D eigenvalue weighted by Crippen LogP contribution is 2.27. The van der Waals surface area contributed by atoms with Crippen LogP contribution >= 0.6 is 0 Å². The number of hydrogen-bond donors (Lipinski definition) is 1. The van der Waals surface area contributed by atoms with Crippen molar-refractivity contribution in [3.05, 3.63) is 18.2 Å². The zero-order valence-corrected chi connectivity index (χ0v) is 12.4. The van der Waals surface area contributed by atoms with Gasteiger partial charge in [0.05, 0.1) is 11.6 Å². The predicted octanol–water partition coefficient (Wildman–Crippen LogP) is 2.76. The third kappa shape index (κ3) is 3.56. The lowest BCUT2D eigenvalue weighted by Crippen LogP contribution is -2.42. The molecule has 0 aliphatic carbocycles. The Morgan fingerprint density at radius 3 is 2.67 bits per heavy atom. The minimum absolute atomic E-state index is 0.115. The lowest BCUT2D eigenvalue weighted by atomic mass is 9.97. The van der Waals surface area contributed by atoms with Crippen molar-refractivity contribution in [3.63, 3.8) is 0 Å². The van der Waals surface area contributed by atoms with Gasteiger partial charge >= 0.3 is 0 Å². The highest BCUT2D eigenvalue weighted by Gasteiger charge is 2.33. The van der Waals surface area contributed by atoms with Gasteiger partial charge in [-0.15, -0.1) is 0 Å². The molecule has 104 valence electrons. The van der Waals surface area contributed by atoms with Crippen molar-refractivity contribution in [1.82, 2.24) is 14.9 Å². The molecule has 0 aliphatic rings. The van der Waals surface area contributed by atoms with Crippen LogP contribution in [0.25, 0.3) is 0 Å². The molecule has 0 amide bonds. The Morgan fingerprint density at radius 1 is 1.39 bits per heavy atom. The summed E-state index contributed by atoms with van der Waals surface area (Å²) in [6, 6.07) is 0.115. The van der Waals surface area contributed by atoms with Crippen LogP contribution < -0.4 is 5.32 Å². The van der Waals surface area contributed by atoms with E-state index in [1.165, 1.54) is 0 Å². The molecule has 1 N–H and O–H groups in total. The molecule has 1 atom stereocenters. The van der Waals surface area contributed by atoms with Gasteiger partial charge < -0.3 is 14.6 Å². The SMILES string of the molecule is CCCNC(c1nccn1CCC)C(C)(C)OC. The second kappa shape index (κ2) is 6.90. The number of aryl methyl sites for hydroxylation is 1. The summed E-state index contributed by atoms with van der Waals surface area (Å²) >= 11 is 0. The van der Waals surface area contributed by atoms with Gasteiger partial charge in [0.1, 0.15) is 5.82 Å². The zero-order chi connectivity index (χ0) is 13.6. The standard InChI is InChI=1S/C14H27N3O/c1-6-8-15-12(14(3,4)18-5)13-16-9-11-17(13)10-7-2/h9,11-12,15H,6-8,10H2,1-5H3. The molecule has 0 saturated carbocycles. The average Bonchev–Trinajstić information content (AvgIpc) is 2.78. The smallest absolute Gasteiger partial charge is 0.128 e. The number of hydrogen-bond acceptors (Lipinski definition) is 3. The molecule has 1 heterocycles. The van der Waals surface area contributed by atoms with E-state index in [0.717, 1.165) is 31.8 Å². The maximum atomic E-state index is 5.64. The molecule has 0 radical (unpaired) electrons. The molecule has 0 saturated heterocycles. The molecular weight excluding hydrogens is 226 g/mol. The van der Waals surface area contributed by atoms with Gasteiger partial charge in [0, 0.05) is 26.0 Å². The normalized spacial score (nSPS) is 13.8. The summed E-state index contributed by atoms with van der Waals surface area (Å²) < 4.78 is 7.85. The Hall–Kier alpha value is -0.870. The van der Waals surface area contributed by atoms with Gasteiger partial charge in [0.15, 0.2) is 0 Å². The highest BCUT2D eigenvalue weighted by molar-refractivity contribution is 5.06. The van der Waals surface area contributed by atoms with Crippen LogP contribution in [0, 0.1) is 0 Å². The van der Waals surface area contributed by atoms with Gasteiger partial charge in [-0.25, -0.2) is 4.98 Å². The van der Waals surface area contributed by atoms with Gasteiger partial charge in [-0.05, 0) is 33.2 Å². The van der Waals surface area contributed by atoms with Crippen molar-refractivity contribution in [2.24, 2.45) is 0 Å². The van der Waals surface area contributed by atoms with Crippen molar-refractivity contribution in [2.45, 2.75) is 58.7 Å². The Kier molecular flexibility index (Phi) is 5.82. The summed E-state index contributed by atoms with van der Waals surface area (Å²) in [5.41, 5.74) is -0.272. The molecule has 1 aromatic rings. The van der Waals surface area contributed by atoms with Crippen LogP contribution in [0.15, 0.2) is 12.4 Å². The molecule has 1 rings (SSSR count). The number of methoxy groups -OCH3 is 1. The Morgan fingerprint density at radius 2 is 2.11 bits per heavy atom. The first-order chi connectivity index (χ1) is 8.56. The topological polar surface area (TPSA) is 39.1 Å². The first kappa shape index (κ1) is 15.2. The fourth-order valence-electron chi connectivity index (χ4n) is 2.07. The predicted molar refractivity (Wildman–Crippen MR) is 74.6 cm³/mol. The second-order valence-corrected chi connectivity index (χ2v) is 5.17. The average molecular weight is 253 g/mol. The van der Waals surface area contributed by atoms with Crippen LogP contribution in [0.3, 0.4) is 0 Å². The number of rotatable bonds is 8. The maximum Gasteiger partial charge on any atom is 0.128 e. The summed E-state index contributed by atoms with van der Waals surface area (Å²) in [6.45, 7) is 10.5. The molecule has 0 bridgehead atoms. The fourth-order valence-corrected chi connectivity index (χ4v) is 2.07. The van der Waals surface area contributed by atoms with Gasteiger partial charge in [-0.1, -0.05) is 13.8 Å². The van der Waals surface area contributed by atoms with Gasteiger partial charge in [0.2, 0.25) is 0 Å². The van der Waals surface area contributed by atoms with Crippen LogP contribution in [0.5, 0.6) is 0 Å². The van der Waals surface area contributed by atoms with E-state index < -0.39 is 0 Å².